The van der Waals surface area contributed by atoms with Crippen LogP contribution in [0.4, 0.5) is 4.39 Å². The van der Waals surface area contributed by atoms with Crippen LogP contribution in [0.15, 0.2) is 24.3 Å². The van der Waals surface area contributed by atoms with Crippen LogP contribution in [0.1, 0.15) is 23.2 Å². The maximum Gasteiger partial charge on any atom is 0.251 e. The fraction of sp³-hybridized carbons (Fsp3) is 0.417. The summed E-state index contributed by atoms with van der Waals surface area (Å²) in [6, 6.07) is 6.26. The van der Waals surface area contributed by atoms with E-state index in [1.54, 1.807) is 6.07 Å². The summed E-state index contributed by atoms with van der Waals surface area (Å²) >= 11 is 0. The number of carbonyl (C=O) groups excluding carboxylic acids is 1. The second-order valence-corrected chi connectivity index (χ2v) is 3.99. The zero-order valence-electron chi connectivity index (χ0n) is 9.00. The predicted molar refractivity (Wildman–Crippen MR) is 59.8 cm³/mol. The second kappa shape index (κ2) is 5.07. The molecule has 1 fully saturated rings. The maximum atomic E-state index is 12.9. The minimum absolute atomic E-state index is 0.209. The van der Waals surface area contributed by atoms with E-state index < -0.39 is 0 Å². The van der Waals surface area contributed by atoms with Gasteiger partial charge in [0, 0.05) is 18.2 Å². The molecule has 0 aromatic heterocycles. The van der Waals surface area contributed by atoms with Gasteiger partial charge in [-0.3, -0.25) is 4.79 Å². The van der Waals surface area contributed by atoms with E-state index in [9.17, 15) is 9.18 Å². The molecular weight excluding hydrogens is 207 g/mol. The minimum Gasteiger partial charge on any atom is -0.352 e. The van der Waals surface area contributed by atoms with Crippen LogP contribution in [0.2, 0.25) is 0 Å². The fourth-order valence-electron chi connectivity index (χ4n) is 1.69. The van der Waals surface area contributed by atoms with Crippen molar-refractivity contribution in [1.29, 1.82) is 0 Å². The van der Waals surface area contributed by atoms with Crippen LogP contribution in [-0.4, -0.2) is 25.0 Å². The number of hydrogen-bond acceptors (Lipinski definition) is 2. The lowest BCUT2D eigenvalue weighted by Crippen LogP contribution is -2.44. The molecule has 1 aliphatic rings. The van der Waals surface area contributed by atoms with E-state index in [1.165, 1.54) is 24.6 Å². The Hall–Kier alpha value is -1.42. The van der Waals surface area contributed by atoms with Crippen LogP contribution in [-0.2, 0) is 0 Å². The number of nitrogens with one attached hydrogen (secondary N) is 2. The molecule has 4 heteroatoms. The Balaban J connectivity index is 1.78. The third-order valence-corrected chi connectivity index (χ3v) is 2.79. The molecule has 0 spiro atoms. The maximum absolute atomic E-state index is 12.9. The van der Waals surface area contributed by atoms with Gasteiger partial charge in [-0.2, -0.15) is 0 Å². The summed E-state index contributed by atoms with van der Waals surface area (Å²) in [5.74, 6) is -0.591. The van der Waals surface area contributed by atoms with Crippen molar-refractivity contribution in [2.24, 2.45) is 0 Å². The second-order valence-electron chi connectivity index (χ2n) is 3.99. The Morgan fingerprint density at radius 3 is 3.00 bits per heavy atom. The number of amides is 1. The van der Waals surface area contributed by atoms with E-state index in [-0.39, 0.29) is 11.7 Å². The highest BCUT2D eigenvalue weighted by Gasteiger charge is 2.15. The van der Waals surface area contributed by atoms with Crippen molar-refractivity contribution in [3.8, 4) is 0 Å². The SMILES string of the molecule is O=C(NCCC1CCN1)c1cccc(F)c1. The molecule has 1 saturated heterocycles. The van der Waals surface area contributed by atoms with Gasteiger partial charge in [0.05, 0.1) is 0 Å². The highest BCUT2D eigenvalue weighted by molar-refractivity contribution is 5.94. The van der Waals surface area contributed by atoms with E-state index >= 15 is 0 Å². The van der Waals surface area contributed by atoms with Gasteiger partial charge in [-0.1, -0.05) is 6.07 Å². The summed E-state index contributed by atoms with van der Waals surface area (Å²) < 4.78 is 12.9. The number of halogens is 1. The molecule has 1 aliphatic heterocycles. The zero-order chi connectivity index (χ0) is 11.4. The van der Waals surface area contributed by atoms with Gasteiger partial charge in [0.1, 0.15) is 5.82 Å². The fourth-order valence-corrected chi connectivity index (χ4v) is 1.69. The van der Waals surface area contributed by atoms with Gasteiger partial charge in [-0.05, 0) is 37.6 Å². The first-order valence-corrected chi connectivity index (χ1v) is 5.53. The van der Waals surface area contributed by atoms with Crippen molar-refractivity contribution in [3.05, 3.63) is 35.6 Å². The molecule has 1 aromatic carbocycles. The van der Waals surface area contributed by atoms with Crippen LogP contribution >= 0.6 is 0 Å². The zero-order valence-corrected chi connectivity index (χ0v) is 9.00. The van der Waals surface area contributed by atoms with Gasteiger partial charge in [0.2, 0.25) is 0 Å². The first-order chi connectivity index (χ1) is 7.75. The van der Waals surface area contributed by atoms with Crippen LogP contribution in [0, 0.1) is 5.82 Å². The Bertz CT molecular complexity index is 377. The molecule has 1 atom stereocenters. The van der Waals surface area contributed by atoms with Crippen LogP contribution in [0.5, 0.6) is 0 Å². The summed E-state index contributed by atoms with van der Waals surface area (Å²) in [4.78, 5) is 11.6. The van der Waals surface area contributed by atoms with Gasteiger partial charge in [-0.25, -0.2) is 4.39 Å². The minimum atomic E-state index is -0.381. The molecule has 0 bridgehead atoms. The molecule has 1 heterocycles. The number of benzene rings is 1. The number of hydrogen-bond donors (Lipinski definition) is 2. The number of carbonyl (C=O) groups is 1. The molecule has 0 radical (unpaired) electrons. The Morgan fingerprint density at radius 2 is 2.38 bits per heavy atom. The van der Waals surface area contributed by atoms with Crippen LogP contribution < -0.4 is 10.6 Å². The average Bonchev–Trinajstić information content (AvgIpc) is 2.21. The van der Waals surface area contributed by atoms with E-state index in [0.717, 1.165) is 13.0 Å². The van der Waals surface area contributed by atoms with Gasteiger partial charge in [0.15, 0.2) is 0 Å². The normalized spacial score (nSPS) is 18.9. The van der Waals surface area contributed by atoms with Gasteiger partial charge >= 0.3 is 0 Å². The average molecular weight is 222 g/mol. The smallest absolute Gasteiger partial charge is 0.251 e. The van der Waals surface area contributed by atoms with Crippen molar-refractivity contribution in [2.75, 3.05) is 13.1 Å². The van der Waals surface area contributed by atoms with Crippen LogP contribution in [0.3, 0.4) is 0 Å². The summed E-state index contributed by atoms with van der Waals surface area (Å²) in [5, 5.41) is 6.04. The standard InChI is InChI=1S/C12H15FN2O/c13-10-3-1-2-9(8-10)12(16)15-7-5-11-4-6-14-11/h1-3,8,11,14H,4-7H2,(H,15,16). The molecule has 1 unspecified atom stereocenters. The summed E-state index contributed by atoms with van der Waals surface area (Å²) in [5.41, 5.74) is 0.376. The molecule has 86 valence electrons. The Kier molecular flexibility index (Phi) is 3.51. The van der Waals surface area contributed by atoms with E-state index in [4.69, 9.17) is 0 Å². The van der Waals surface area contributed by atoms with Crippen LogP contribution in [0.25, 0.3) is 0 Å². The first-order valence-electron chi connectivity index (χ1n) is 5.53. The molecule has 3 nitrogen and oxygen atoms in total. The summed E-state index contributed by atoms with van der Waals surface area (Å²) in [6.07, 6.45) is 2.11. The van der Waals surface area contributed by atoms with Crippen molar-refractivity contribution in [1.82, 2.24) is 10.6 Å². The van der Waals surface area contributed by atoms with Crippen molar-refractivity contribution < 1.29 is 9.18 Å². The van der Waals surface area contributed by atoms with E-state index in [1.807, 2.05) is 0 Å². The quantitative estimate of drug-likeness (QED) is 0.806. The van der Waals surface area contributed by atoms with Crippen molar-refractivity contribution >= 4 is 5.91 Å². The molecule has 2 rings (SSSR count). The van der Waals surface area contributed by atoms with E-state index in [2.05, 4.69) is 10.6 Å². The molecule has 16 heavy (non-hydrogen) atoms. The lowest BCUT2D eigenvalue weighted by Gasteiger charge is -2.27. The van der Waals surface area contributed by atoms with Crippen molar-refractivity contribution in [3.63, 3.8) is 0 Å². The largest absolute Gasteiger partial charge is 0.352 e. The molecule has 0 saturated carbocycles. The molecule has 1 amide bonds. The molecule has 2 N–H and O–H groups in total. The Morgan fingerprint density at radius 1 is 1.56 bits per heavy atom. The van der Waals surface area contributed by atoms with Gasteiger partial charge < -0.3 is 10.6 Å². The summed E-state index contributed by atoms with van der Waals surface area (Å²) in [6.45, 7) is 1.70. The highest BCUT2D eigenvalue weighted by atomic mass is 19.1. The summed E-state index contributed by atoms with van der Waals surface area (Å²) in [7, 11) is 0. The lowest BCUT2D eigenvalue weighted by molar-refractivity contribution is 0.0950. The Labute approximate surface area is 94.0 Å². The molecular formula is C12H15FN2O. The van der Waals surface area contributed by atoms with E-state index in [0.29, 0.717) is 18.2 Å². The van der Waals surface area contributed by atoms with Gasteiger partial charge in [-0.15, -0.1) is 0 Å². The lowest BCUT2D eigenvalue weighted by atomic mass is 10.0. The topological polar surface area (TPSA) is 41.1 Å². The molecule has 0 aliphatic carbocycles. The third kappa shape index (κ3) is 2.79. The third-order valence-electron chi connectivity index (χ3n) is 2.79. The van der Waals surface area contributed by atoms with Crippen molar-refractivity contribution in [2.45, 2.75) is 18.9 Å². The monoisotopic (exact) mass is 222 g/mol. The predicted octanol–water partition coefficient (Wildman–Crippen LogP) is 1.31. The number of rotatable bonds is 4. The van der Waals surface area contributed by atoms with Gasteiger partial charge in [0.25, 0.3) is 5.91 Å². The molecule has 1 aromatic rings. The highest BCUT2D eigenvalue weighted by Crippen LogP contribution is 2.06. The first kappa shape index (κ1) is 11.1.